The van der Waals surface area contributed by atoms with Crippen molar-refractivity contribution in [1.82, 2.24) is 29.5 Å². The highest BCUT2D eigenvalue weighted by atomic mass is 16.5. The van der Waals surface area contributed by atoms with Crippen LogP contribution in [0.15, 0.2) is 43.2 Å². The molecule has 0 saturated carbocycles. The molecule has 0 bridgehead atoms. The van der Waals surface area contributed by atoms with Crippen molar-refractivity contribution < 1.29 is 9.53 Å². The van der Waals surface area contributed by atoms with E-state index in [4.69, 9.17) is 4.74 Å². The standard InChI is InChI=1S/C16H18N6O2/c1-16(2,3)22-9-13(19-20-22)15(23)24-10-12-4-5-14(18-8-12)21-7-6-17-11-21/h4-9,11H,10H2,1-3H3. The van der Waals surface area contributed by atoms with Crippen LogP contribution >= 0.6 is 0 Å². The second kappa shape index (κ2) is 6.23. The maximum atomic E-state index is 12.0. The molecule has 0 amide bonds. The lowest BCUT2D eigenvalue weighted by molar-refractivity contribution is 0.0465. The molecule has 0 atom stereocenters. The van der Waals surface area contributed by atoms with E-state index in [1.807, 2.05) is 32.9 Å². The number of carbonyl (C=O) groups excluding carboxylic acids is 1. The van der Waals surface area contributed by atoms with Gasteiger partial charge in [-0.25, -0.2) is 19.4 Å². The Hall–Kier alpha value is -3.03. The van der Waals surface area contributed by atoms with Crippen LogP contribution in [-0.2, 0) is 16.9 Å². The van der Waals surface area contributed by atoms with E-state index in [0.29, 0.717) is 0 Å². The van der Waals surface area contributed by atoms with Gasteiger partial charge in [-0.2, -0.15) is 0 Å². The normalized spacial score (nSPS) is 11.5. The number of carbonyl (C=O) groups is 1. The van der Waals surface area contributed by atoms with Crippen LogP contribution in [0, 0.1) is 0 Å². The molecule has 0 aromatic carbocycles. The Morgan fingerprint density at radius 2 is 2.12 bits per heavy atom. The molecule has 3 heterocycles. The van der Waals surface area contributed by atoms with E-state index >= 15 is 0 Å². The van der Waals surface area contributed by atoms with Gasteiger partial charge in [-0.05, 0) is 26.8 Å². The highest BCUT2D eigenvalue weighted by Crippen LogP contribution is 2.13. The van der Waals surface area contributed by atoms with Gasteiger partial charge in [0.25, 0.3) is 0 Å². The van der Waals surface area contributed by atoms with Gasteiger partial charge in [-0.15, -0.1) is 5.10 Å². The lowest BCUT2D eigenvalue weighted by atomic mass is 10.1. The summed E-state index contributed by atoms with van der Waals surface area (Å²) in [6.45, 7) is 6.05. The monoisotopic (exact) mass is 326 g/mol. The highest BCUT2D eigenvalue weighted by molar-refractivity contribution is 5.86. The number of pyridine rings is 1. The second-order valence-corrected chi connectivity index (χ2v) is 6.29. The summed E-state index contributed by atoms with van der Waals surface area (Å²) in [4.78, 5) is 20.3. The fourth-order valence-corrected chi connectivity index (χ4v) is 1.96. The third-order valence-corrected chi connectivity index (χ3v) is 3.34. The number of hydrogen-bond acceptors (Lipinski definition) is 6. The number of ether oxygens (including phenoxy) is 1. The van der Waals surface area contributed by atoms with E-state index in [0.717, 1.165) is 11.4 Å². The van der Waals surface area contributed by atoms with Crippen LogP contribution < -0.4 is 0 Å². The van der Waals surface area contributed by atoms with Gasteiger partial charge >= 0.3 is 5.97 Å². The van der Waals surface area contributed by atoms with E-state index in [1.165, 1.54) is 0 Å². The number of aromatic nitrogens is 6. The molecule has 24 heavy (non-hydrogen) atoms. The fourth-order valence-electron chi connectivity index (χ4n) is 1.96. The third kappa shape index (κ3) is 3.48. The predicted molar refractivity (Wildman–Crippen MR) is 85.5 cm³/mol. The molecular formula is C16H18N6O2. The molecule has 8 heteroatoms. The minimum atomic E-state index is -0.510. The van der Waals surface area contributed by atoms with Gasteiger partial charge in [0.05, 0.1) is 11.7 Å². The summed E-state index contributed by atoms with van der Waals surface area (Å²) in [5, 5.41) is 7.80. The number of rotatable bonds is 4. The molecule has 0 aliphatic heterocycles. The Morgan fingerprint density at radius 1 is 1.29 bits per heavy atom. The van der Waals surface area contributed by atoms with E-state index in [9.17, 15) is 4.79 Å². The first kappa shape index (κ1) is 15.9. The van der Waals surface area contributed by atoms with Crippen LogP contribution in [0.25, 0.3) is 5.82 Å². The lowest BCUT2D eigenvalue weighted by Gasteiger charge is -2.17. The van der Waals surface area contributed by atoms with Crippen LogP contribution in [0.5, 0.6) is 0 Å². The smallest absolute Gasteiger partial charge is 0.360 e. The summed E-state index contributed by atoms with van der Waals surface area (Å²) in [6, 6.07) is 3.68. The molecule has 0 aliphatic carbocycles. The largest absolute Gasteiger partial charge is 0.456 e. The van der Waals surface area contributed by atoms with E-state index in [2.05, 4.69) is 20.3 Å². The van der Waals surface area contributed by atoms with Crippen molar-refractivity contribution in [3.05, 3.63) is 54.5 Å². The average molecular weight is 326 g/mol. The lowest BCUT2D eigenvalue weighted by Crippen LogP contribution is -2.22. The maximum absolute atomic E-state index is 12.0. The molecular weight excluding hydrogens is 308 g/mol. The van der Waals surface area contributed by atoms with Gasteiger partial charge in [0.1, 0.15) is 18.8 Å². The zero-order valence-electron chi connectivity index (χ0n) is 13.7. The van der Waals surface area contributed by atoms with E-state index in [1.54, 1.807) is 40.4 Å². The molecule has 3 aromatic rings. The molecule has 0 fully saturated rings. The van der Waals surface area contributed by atoms with Gasteiger partial charge < -0.3 is 4.74 Å². The average Bonchev–Trinajstić information content (AvgIpc) is 3.23. The van der Waals surface area contributed by atoms with Crippen LogP contribution in [0.1, 0.15) is 36.8 Å². The van der Waals surface area contributed by atoms with Crippen LogP contribution in [0.4, 0.5) is 0 Å². The summed E-state index contributed by atoms with van der Waals surface area (Å²) >= 11 is 0. The fraction of sp³-hybridized carbons (Fsp3) is 0.312. The van der Waals surface area contributed by atoms with Crippen molar-refractivity contribution in [1.29, 1.82) is 0 Å². The molecule has 0 saturated heterocycles. The van der Waals surface area contributed by atoms with Gasteiger partial charge in [-0.1, -0.05) is 11.3 Å². The minimum Gasteiger partial charge on any atom is -0.456 e. The zero-order chi connectivity index (χ0) is 17.2. The summed E-state index contributed by atoms with van der Waals surface area (Å²) in [7, 11) is 0. The summed E-state index contributed by atoms with van der Waals surface area (Å²) in [5.74, 6) is 0.236. The third-order valence-electron chi connectivity index (χ3n) is 3.34. The molecule has 3 aromatic heterocycles. The van der Waals surface area contributed by atoms with E-state index in [-0.39, 0.29) is 17.8 Å². The molecule has 0 N–H and O–H groups in total. The number of esters is 1. The highest BCUT2D eigenvalue weighted by Gasteiger charge is 2.19. The first-order valence-electron chi connectivity index (χ1n) is 7.47. The molecule has 0 radical (unpaired) electrons. The van der Waals surface area contributed by atoms with Crippen LogP contribution in [-0.4, -0.2) is 35.5 Å². The van der Waals surface area contributed by atoms with Gasteiger partial charge in [0.2, 0.25) is 0 Å². The Bertz CT molecular complexity index is 815. The van der Waals surface area contributed by atoms with Crippen LogP contribution in [0.2, 0.25) is 0 Å². The van der Waals surface area contributed by atoms with Gasteiger partial charge in [-0.3, -0.25) is 4.57 Å². The minimum absolute atomic E-state index is 0.123. The number of nitrogens with zero attached hydrogens (tertiary/aromatic N) is 6. The van der Waals surface area contributed by atoms with Gasteiger partial charge in [0, 0.05) is 24.2 Å². The SMILES string of the molecule is CC(C)(C)n1cc(C(=O)OCc2ccc(-n3ccnc3)nc2)nn1. The van der Waals surface area contributed by atoms with Crippen molar-refractivity contribution in [2.45, 2.75) is 32.9 Å². The summed E-state index contributed by atoms with van der Waals surface area (Å²) in [6.07, 6.45) is 8.40. The molecule has 8 nitrogen and oxygen atoms in total. The van der Waals surface area contributed by atoms with Crippen molar-refractivity contribution in [3.8, 4) is 5.82 Å². The first-order chi connectivity index (χ1) is 11.4. The Balaban J connectivity index is 1.61. The molecule has 0 aliphatic rings. The van der Waals surface area contributed by atoms with E-state index < -0.39 is 5.97 Å². The zero-order valence-corrected chi connectivity index (χ0v) is 13.7. The first-order valence-corrected chi connectivity index (χ1v) is 7.47. The van der Waals surface area contributed by atoms with Crippen molar-refractivity contribution in [2.24, 2.45) is 0 Å². The predicted octanol–water partition coefficient (Wildman–Crippen LogP) is 1.97. The quantitative estimate of drug-likeness (QED) is 0.681. The Kier molecular flexibility index (Phi) is 4.11. The summed E-state index contributed by atoms with van der Waals surface area (Å²) in [5.41, 5.74) is 0.738. The van der Waals surface area contributed by atoms with Gasteiger partial charge in [0.15, 0.2) is 5.69 Å². The summed E-state index contributed by atoms with van der Waals surface area (Å²) < 4.78 is 8.68. The van der Waals surface area contributed by atoms with Crippen molar-refractivity contribution in [3.63, 3.8) is 0 Å². The molecule has 0 unspecified atom stereocenters. The Morgan fingerprint density at radius 3 is 2.71 bits per heavy atom. The molecule has 124 valence electrons. The van der Waals surface area contributed by atoms with Crippen LogP contribution in [0.3, 0.4) is 0 Å². The molecule has 3 rings (SSSR count). The second-order valence-electron chi connectivity index (χ2n) is 6.29. The maximum Gasteiger partial charge on any atom is 0.360 e. The topological polar surface area (TPSA) is 87.7 Å². The van der Waals surface area contributed by atoms with Crippen molar-refractivity contribution in [2.75, 3.05) is 0 Å². The number of imidazole rings is 1. The van der Waals surface area contributed by atoms with Crippen molar-refractivity contribution >= 4 is 5.97 Å². The Labute approximate surface area is 139 Å². The number of hydrogen-bond donors (Lipinski definition) is 0. The molecule has 0 spiro atoms.